The molecule has 1 fully saturated rings. The Labute approximate surface area is 163 Å². The van der Waals surface area contributed by atoms with Crippen LogP contribution in [0.5, 0.6) is 11.5 Å². The molecule has 0 aromatic heterocycles. The molecule has 1 N–H and O–H groups in total. The number of hydrogen-bond acceptors (Lipinski definition) is 4. The molecule has 6 heteroatoms. The van der Waals surface area contributed by atoms with E-state index in [4.69, 9.17) is 9.47 Å². The highest BCUT2D eigenvalue weighted by Crippen LogP contribution is 2.33. The summed E-state index contributed by atoms with van der Waals surface area (Å²) in [6.45, 7) is 9.82. The first-order chi connectivity index (χ1) is 12.2. The van der Waals surface area contributed by atoms with E-state index in [1.807, 2.05) is 24.0 Å². The van der Waals surface area contributed by atoms with Crippen molar-refractivity contribution in [1.29, 1.82) is 0 Å². The maximum absolute atomic E-state index is 11.6. The van der Waals surface area contributed by atoms with Gasteiger partial charge >= 0.3 is 0 Å². The van der Waals surface area contributed by atoms with Crippen molar-refractivity contribution in [1.82, 2.24) is 10.2 Å². The lowest BCUT2D eigenvalue weighted by atomic mass is 10.1. The first-order valence-electron chi connectivity index (χ1n) is 9.11. The van der Waals surface area contributed by atoms with Crippen molar-refractivity contribution < 1.29 is 14.3 Å². The number of carbonyl (C=O) groups excluding carboxylic acids is 1. The van der Waals surface area contributed by atoms with E-state index < -0.39 is 0 Å². The Balaban J connectivity index is 0.00000338. The molecular weight excluding hydrogens is 352 g/mol. The van der Waals surface area contributed by atoms with Crippen molar-refractivity contribution in [3.8, 4) is 11.5 Å². The molecule has 5 nitrogen and oxygen atoms in total. The maximum Gasteiger partial charge on any atom is 0.222 e. The summed E-state index contributed by atoms with van der Waals surface area (Å²) >= 11 is 0. The summed E-state index contributed by atoms with van der Waals surface area (Å²) in [5, 5.41) is 3.45. The largest absolute Gasteiger partial charge is 0.493 e. The molecule has 1 aromatic rings. The Morgan fingerprint density at radius 2 is 2.19 bits per heavy atom. The highest BCUT2D eigenvalue weighted by atomic mass is 35.5. The fourth-order valence-corrected chi connectivity index (χ4v) is 3.16. The molecule has 1 aliphatic heterocycles. The van der Waals surface area contributed by atoms with E-state index in [-0.39, 0.29) is 12.4 Å². The second-order valence-electron chi connectivity index (χ2n) is 6.23. The van der Waals surface area contributed by atoms with E-state index >= 15 is 0 Å². The standard InChI is InChI=1S/C20H30N2O3.ClH/c1-4-8-17-13-16(14-18(24-3)20(17)25-5-2)15-21-10-7-12-22-11-6-9-19(22)23;/h4,13-14,21H,1,5-12,15H2,2-3H3;1H. The van der Waals surface area contributed by atoms with E-state index in [9.17, 15) is 4.79 Å². The zero-order valence-corrected chi connectivity index (χ0v) is 16.7. The second kappa shape index (κ2) is 11.8. The Morgan fingerprint density at radius 1 is 1.38 bits per heavy atom. The highest BCUT2D eigenvalue weighted by Gasteiger charge is 2.18. The van der Waals surface area contributed by atoms with Crippen molar-refractivity contribution in [2.24, 2.45) is 0 Å². The average molecular weight is 383 g/mol. The lowest BCUT2D eigenvalue weighted by Crippen LogP contribution is -2.28. The molecule has 1 amide bonds. The zero-order chi connectivity index (χ0) is 18.1. The van der Waals surface area contributed by atoms with Crippen LogP contribution < -0.4 is 14.8 Å². The van der Waals surface area contributed by atoms with Gasteiger partial charge in [-0.3, -0.25) is 4.79 Å². The molecule has 0 saturated carbocycles. The van der Waals surface area contributed by atoms with Crippen LogP contribution in [0.2, 0.25) is 0 Å². The van der Waals surface area contributed by atoms with Gasteiger partial charge in [0.05, 0.1) is 13.7 Å². The third kappa shape index (κ3) is 6.22. The number of likely N-dealkylation sites (tertiary alicyclic amines) is 1. The first kappa shape index (κ1) is 22.3. The van der Waals surface area contributed by atoms with Gasteiger partial charge in [0.15, 0.2) is 11.5 Å². The van der Waals surface area contributed by atoms with Crippen LogP contribution in [0.15, 0.2) is 24.8 Å². The number of ether oxygens (including phenoxy) is 2. The minimum absolute atomic E-state index is 0. The molecule has 0 aliphatic carbocycles. The van der Waals surface area contributed by atoms with Gasteiger partial charge in [-0.1, -0.05) is 12.1 Å². The lowest BCUT2D eigenvalue weighted by molar-refractivity contribution is -0.127. The van der Waals surface area contributed by atoms with E-state index in [1.54, 1.807) is 7.11 Å². The molecular formula is C20H31ClN2O3. The number of amides is 1. The Morgan fingerprint density at radius 3 is 2.81 bits per heavy atom. The van der Waals surface area contributed by atoms with E-state index in [1.165, 1.54) is 0 Å². The summed E-state index contributed by atoms with van der Waals surface area (Å²) in [4.78, 5) is 13.5. The number of benzene rings is 1. The van der Waals surface area contributed by atoms with Gasteiger partial charge < -0.3 is 19.7 Å². The van der Waals surface area contributed by atoms with Gasteiger partial charge in [0.2, 0.25) is 5.91 Å². The predicted molar refractivity (Wildman–Crippen MR) is 107 cm³/mol. The lowest BCUT2D eigenvalue weighted by Gasteiger charge is -2.17. The Bertz CT molecular complexity index is 593. The SMILES string of the molecule is C=CCc1cc(CNCCCN2CCCC2=O)cc(OC)c1OCC.Cl. The van der Waals surface area contributed by atoms with Crippen LogP contribution in [0.1, 0.15) is 37.3 Å². The Kier molecular flexibility index (Phi) is 10.1. The van der Waals surface area contributed by atoms with Gasteiger partial charge in [0, 0.05) is 31.6 Å². The van der Waals surface area contributed by atoms with Gasteiger partial charge in [-0.25, -0.2) is 0 Å². The molecule has 1 saturated heterocycles. The van der Waals surface area contributed by atoms with Gasteiger partial charge in [0.25, 0.3) is 0 Å². The quantitative estimate of drug-likeness (QED) is 0.471. The third-order valence-electron chi connectivity index (χ3n) is 4.35. The van der Waals surface area contributed by atoms with Crippen LogP contribution in [0, 0.1) is 0 Å². The molecule has 146 valence electrons. The second-order valence-corrected chi connectivity index (χ2v) is 6.23. The number of nitrogens with zero attached hydrogens (tertiary/aromatic N) is 1. The van der Waals surface area contributed by atoms with E-state index in [0.29, 0.717) is 18.9 Å². The summed E-state index contributed by atoms with van der Waals surface area (Å²) in [5.41, 5.74) is 2.25. The predicted octanol–water partition coefficient (Wildman–Crippen LogP) is 3.35. The minimum atomic E-state index is 0. The monoisotopic (exact) mass is 382 g/mol. The fourth-order valence-electron chi connectivity index (χ4n) is 3.16. The number of nitrogens with one attached hydrogen (secondary N) is 1. The normalized spacial score (nSPS) is 13.5. The van der Waals surface area contributed by atoms with Crippen LogP contribution in [0.3, 0.4) is 0 Å². The molecule has 26 heavy (non-hydrogen) atoms. The molecule has 0 unspecified atom stereocenters. The summed E-state index contributed by atoms with van der Waals surface area (Å²) in [5.74, 6) is 1.87. The summed E-state index contributed by atoms with van der Waals surface area (Å²) in [7, 11) is 1.67. The average Bonchev–Trinajstić information content (AvgIpc) is 3.02. The van der Waals surface area contributed by atoms with E-state index in [0.717, 1.165) is 68.1 Å². The van der Waals surface area contributed by atoms with Crippen LogP contribution in [-0.2, 0) is 17.8 Å². The van der Waals surface area contributed by atoms with Crippen molar-refractivity contribution in [2.75, 3.05) is 33.4 Å². The molecule has 1 heterocycles. The zero-order valence-electron chi connectivity index (χ0n) is 15.9. The van der Waals surface area contributed by atoms with E-state index in [2.05, 4.69) is 18.0 Å². The van der Waals surface area contributed by atoms with Crippen LogP contribution >= 0.6 is 12.4 Å². The molecule has 0 radical (unpaired) electrons. The van der Waals surface area contributed by atoms with Crippen LogP contribution in [-0.4, -0.2) is 44.2 Å². The van der Waals surface area contributed by atoms with Gasteiger partial charge in [-0.2, -0.15) is 0 Å². The molecule has 2 rings (SSSR count). The van der Waals surface area contributed by atoms with Crippen molar-refractivity contribution in [3.63, 3.8) is 0 Å². The topological polar surface area (TPSA) is 50.8 Å². The van der Waals surface area contributed by atoms with Crippen LogP contribution in [0.25, 0.3) is 0 Å². The Hall–Kier alpha value is -1.72. The summed E-state index contributed by atoms with van der Waals surface area (Å²) in [6.07, 6.45) is 5.31. The number of allylic oxidation sites excluding steroid dienone is 1. The van der Waals surface area contributed by atoms with Crippen molar-refractivity contribution in [3.05, 3.63) is 35.9 Å². The number of rotatable bonds is 11. The summed E-state index contributed by atoms with van der Waals surface area (Å²) < 4.78 is 11.2. The van der Waals surface area contributed by atoms with Crippen LogP contribution in [0.4, 0.5) is 0 Å². The number of methoxy groups -OCH3 is 1. The molecule has 1 aliphatic rings. The molecule has 1 aromatic carbocycles. The fraction of sp³-hybridized carbons (Fsp3) is 0.550. The third-order valence-corrected chi connectivity index (χ3v) is 4.35. The minimum Gasteiger partial charge on any atom is -0.493 e. The highest BCUT2D eigenvalue weighted by molar-refractivity contribution is 5.85. The summed E-state index contributed by atoms with van der Waals surface area (Å²) in [6, 6.07) is 4.17. The van der Waals surface area contributed by atoms with Gasteiger partial charge in [-0.05, 0) is 44.4 Å². The first-order valence-corrected chi connectivity index (χ1v) is 9.11. The van der Waals surface area contributed by atoms with Gasteiger partial charge in [0.1, 0.15) is 0 Å². The van der Waals surface area contributed by atoms with Crippen molar-refractivity contribution in [2.45, 2.75) is 39.2 Å². The molecule has 0 spiro atoms. The van der Waals surface area contributed by atoms with Crippen molar-refractivity contribution >= 4 is 18.3 Å². The molecule has 0 bridgehead atoms. The number of carbonyl (C=O) groups is 1. The smallest absolute Gasteiger partial charge is 0.222 e. The molecule has 0 atom stereocenters. The number of hydrogen-bond donors (Lipinski definition) is 1. The maximum atomic E-state index is 11.6. The van der Waals surface area contributed by atoms with Gasteiger partial charge in [-0.15, -0.1) is 19.0 Å². The number of halogens is 1.